The third-order valence-electron chi connectivity index (χ3n) is 1.94. The Balaban J connectivity index is 3.21. The molecule has 0 fully saturated rings. The first kappa shape index (κ1) is 9.78. The van der Waals surface area contributed by atoms with Crippen LogP contribution in [-0.2, 0) is 6.54 Å². The molecule has 2 nitrogen and oxygen atoms in total. The summed E-state index contributed by atoms with van der Waals surface area (Å²) in [4.78, 5) is 0. The Morgan fingerprint density at radius 2 is 2.08 bits per heavy atom. The van der Waals surface area contributed by atoms with Crippen LogP contribution in [0.15, 0.2) is 4.47 Å². The van der Waals surface area contributed by atoms with Crippen molar-refractivity contribution >= 4 is 15.9 Å². The Hall–Kier alpha value is -0.310. The van der Waals surface area contributed by atoms with E-state index in [1.54, 1.807) is 0 Å². The molecule has 0 aliphatic rings. The van der Waals surface area contributed by atoms with Gasteiger partial charge in [0, 0.05) is 6.54 Å². The van der Waals surface area contributed by atoms with Gasteiger partial charge < -0.3 is 0 Å². The van der Waals surface area contributed by atoms with Crippen molar-refractivity contribution in [2.45, 2.75) is 40.2 Å². The van der Waals surface area contributed by atoms with Gasteiger partial charge in [-0.25, -0.2) is 0 Å². The van der Waals surface area contributed by atoms with Gasteiger partial charge in [0.15, 0.2) is 0 Å². The van der Waals surface area contributed by atoms with E-state index in [1.807, 2.05) is 6.92 Å². The maximum absolute atomic E-state index is 4.42. The van der Waals surface area contributed by atoms with Crippen molar-refractivity contribution in [3.63, 3.8) is 0 Å². The molecule has 0 aliphatic heterocycles. The molecule has 3 heteroatoms. The summed E-state index contributed by atoms with van der Waals surface area (Å²) in [5, 5.41) is 4.42. The molecule has 0 unspecified atom stereocenters. The number of hydrogen-bond donors (Lipinski definition) is 0. The minimum absolute atomic E-state index is 0.528. The van der Waals surface area contributed by atoms with Crippen molar-refractivity contribution in [1.82, 2.24) is 9.78 Å². The zero-order valence-electron chi connectivity index (χ0n) is 8.06. The van der Waals surface area contributed by atoms with E-state index >= 15 is 0 Å². The van der Waals surface area contributed by atoms with Crippen molar-refractivity contribution < 1.29 is 0 Å². The molecule has 0 radical (unpaired) electrons. The largest absolute Gasteiger partial charge is 0.268 e. The van der Waals surface area contributed by atoms with Crippen molar-refractivity contribution in [2.24, 2.45) is 0 Å². The Bertz CT molecular complexity index is 276. The van der Waals surface area contributed by atoms with Gasteiger partial charge in [-0.1, -0.05) is 13.8 Å². The third kappa shape index (κ3) is 1.56. The molecule has 0 bridgehead atoms. The van der Waals surface area contributed by atoms with Gasteiger partial charge >= 0.3 is 0 Å². The highest BCUT2D eigenvalue weighted by Crippen LogP contribution is 2.27. The SMILES string of the molecule is CCn1nc(C)c(Br)c1C(C)C. The van der Waals surface area contributed by atoms with Crippen LogP contribution in [0.4, 0.5) is 0 Å². The molecular formula is C9H15BrN2. The van der Waals surface area contributed by atoms with E-state index in [9.17, 15) is 0 Å². The van der Waals surface area contributed by atoms with Crippen LogP contribution in [0.3, 0.4) is 0 Å². The molecule has 0 saturated carbocycles. The van der Waals surface area contributed by atoms with E-state index in [1.165, 1.54) is 10.2 Å². The van der Waals surface area contributed by atoms with Crippen LogP contribution in [0.25, 0.3) is 0 Å². The number of hydrogen-bond acceptors (Lipinski definition) is 1. The van der Waals surface area contributed by atoms with E-state index in [4.69, 9.17) is 0 Å². The van der Waals surface area contributed by atoms with E-state index in [2.05, 4.69) is 46.5 Å². The monoisotopic (exact) mass is 230 g/mol. The fourth-order valence-corrected chi connectivity index (χ4v) is 2.11. The van der Waals surface area contributed by atoms with Gasteiger partial charge in [-0.15, -0.1) is 0 Å². The van der Waals surface area contributed by atoms with Crippen LogP contribution in [-0.4, -0.2) is 9.78 Å². The fourth-order valence-electron chi connectivity index (χ4n) is 1.37. The van der Waals surface area contributed by atoms with Crippen molar-refractivity contribution in [3.8, 4) is 0 Å². The maximum atomic E-state index is 4.42. The van der Waals surface area contributed by atoms with Gasteiger partial charge in [-0.2, -0.15) is 5.10 Å². The molecule has 0 atom stereocenters. The first-order valence-electron chi connectivity index (χ1n) is 4.30. The molecule has 0 N–H and O–H groups in total. The number of aromatic nitrogens is 2. The fraction of sp³-hybridized carbons (Fsp3) is 0.667. The Labute approximate surface area is 82.1 Å². The molecular weight excluding hydrogens is 216 g/mol. The van der Waals surface area contributed by atoms with Gasteiger partial charge in [0.25, 0.3) is 0 Å². The second-order valence-corrected chi connectivity index (χ2v) is 4.05. The summed E-state index contributed by atoms with van der Waals surface area (Å²) in [5.74, 6) is 0.528. The van der Waals surface area contributed by atoms with Gasteiger partial charge in [0.2, 0.25) is 0 Å². The molecule has 0 aromatic carbocycles. The molecule has 1 rings (SSSR count). The van der Waals surface area contributed by atoms with E-state index in [0.29, 0.717) is 5.92 Å². The summed E-state index contributed by atoms with van der Waals surface area (Å²) in [6.07, 6.45) is 0. The normalized spacial score (nSPS) is 11.2. The Morgan fingerprint density at radius 3 is 2.42 bits per heavy atom. The van der Waals surface area contributed by atoms with Crippen LogP contribution < -0.4 is 0 Å². The highest BCUT2D eigenvalue weighted by atomic mass is 79.9. The molecule has 0 amide bonds. The lowest BCUT2D eigenvalue weighted by atomic mass is 10.1. The minimum Gasteiger partial charge on any atom is -0.268 e. The minimum atomic E-state index is 0.528. The molecule has 0 spiro atoms. The zero-order chi connectivity index (χ0) is 9.30. The van der Waals surface area contributed by atoms with Crippen molar-refractivity contribution in [2.75, 3.05) is 0 Å². The van der Waals surface area contributed by atoms with Gasteiger partial charge in [0.05, 0.1) is 15.9 Å². The topological polar surface area (TPSA) is 17.8 Å². The summed E-state index contributed by atoms with van der Waals surface area (Å²) in [6.45, 7) is 9.47. The summed E-state index contributed by atoms with van der Waals surface area (Å²) < 4.78 is 3.23. The third-order valence-corrected chi connectivity index (χ3v) is 2.92. The first-order chi connectivity index (χ1) is 5.57. The van der Waals surface area contributed by atoms with Gasteiger partial charge in [-0.3, -0.25) is 4.68 Å². The summed E-state index contributed by atoms with van der Waals surface area (Å²) in [7, 11) is 0. The van der Waals surface area contributed by atoms with Gasteiger partial charge in [0.1, 0.15) is 0 Å². The average molecular weight is 231 g/mol. The van der Waals surface area contributed by atoms with E-state index in [-0.39, 0.29) is 0 Å². The van der Waals surface area contributed by atoms with Gasteiger partial charge in [-0.05, 0) is 35.7 Å². The molecule has 1 aromatic rings. The molecule has 12 heavy (non-hydrogen) atoms. The van der Waals surface area contributed by atoms with Crippen LogP contribution in [0, 0.1) is 6.92 Å². The summed E-state index contributed by atoms with van der Waals surface area (Å²) in [5.41, 5.74) is 2.38. The van der Waals surface area contributed by atoms with Crippen molar-refractivity contribution in [3.05, 3.63) is 15.9 Å². The quantitative estimate of drug-likeness (QED) is 0.764. The highest BCUT2D eigenvalue weighted by Gasteiger charge is 2.14. The standard InChI is InChI=1S/C9H15BrN2/c1-5-12-9(6(2)3)8(10)7(4)11-12/h6H,5H2,1-4H3. The smallest absolute Gasteiger partial charge is 0.0738 e. The maximum Gasteiger partial charge on any atom is 0.0738 e. The number of rotatable bonds is 2. The lowest BCUT2D eigenvalue weighted by Gasteiger charge is -2.07. The lowest BCUT2D eigenvalue weighted by molar-refractivity contribution is 0.594. The predicted molar refractivity (Wildman–Crippen MR) is 54.4 cm³/mol. The lowest BCUT2D eigenvalue weighted by Crippen LogP contribution is -2.04. The summed E-state index contributed by atoms with van der Waals surface area (Å²) in [6, 6.07) is 0. The number of aryl methyl sites for hydroxylation is 2. The summed E-state index contributed by atoms with van der Waals surface area (Å²) >= 11 is 3.56. The van der Waals surface area contributed by atoms with Crippen LogP contribution in [0.2, 0.25) is 0 Å². The van der Waals surface area contributed by atoms with E-state index in [0.717, 1.165) is 12.2 Å². The average Bonchev–Trinajstić information content (AvgIpc) is 2.28. The molecule has 1 aromatic heterocycles. The van der Waals surface area contributed by atoms with E-state index < -0.39 is 0 Å². The highest BCUT2D eigenvalue weighted by molar-refractivity contribution is 9.10. The first-order valence-corrected chi connectivity index (χ1v) is 5.10. The molecule has 1 heterocycles. The van der Waals surface area contributed by atoms with Crippen molar-refractivity contribution in [1.29, 1.82) is 0 Å². The Kier molecular flexibility index (Phi) is 2.94. The second-order valence-electron chi connectivity index (χ2n) is 3.26. The van der Waals surface area contributed by atoms with Crippen LogP contribution in [0.5, 0.6) is 0 Å². The zero-order valence-corrected chi connectivity index (χ0v) is 9.64. The van der Waals surface area contributed by atoms with Crippen LogP contribution >= 0.6 is 15.9 Å². The Morgan fingerprint density at radius 1 is 1.50 bits per heavy atom. The predicted octanol–water partition coefficient (Wildman–Crippen LogP) is 3.10. The second kappa shape index (κ2) is 3.60. The molecule has 0 saturated heterocycles. The molecule has 0 aliphatic carbocycles. The van der Waals surface area contributed by atoms with Crippen LogP contribution in [0.1, 0.15) is 38.1 Å². The molecule has 68 valence electrons. The number of halogens is 1. The number of nitrogens with zero attached hydrogens (tertiary/aromatic N) is 2.